The predicted octanol–water partition coefficient (Wildman–Crippen LogP) is 3.36. The smallest absolute Gasteiger partial charge is 0.255 e. The molecule has 2 atom stereocenters. The summed E-state index contributed by atoms with van der Waals surface area (Å²) in [5.74, 6) is -1.95. The molecule has 2 N–H and O–H groups in total. The highest BCUT2D eigenvalue weighted by molar-refractivity contribution is 6.30. The molecule has 3 aliphatic heterocycles. The van der Waals surface area contributed by atoms with Crippen molar-refractivity contribution in [3.8, 4) is 0 Å². The fourth-order valence-electron chi connectivity index (χ4n) is 5.83. The molecule has 0 radical (unpaired) electrons. The molecule has 2 fully saturated rings. The minimum Gasteiger partial charge on any atom is -0.384 e. The van der Waals surface area contributed by atoms with Gasteiger partial charge in [-0.15, -0.1) is 0 Å². The Labute approximate surface area is 214 Å². The number of imide groups is 1. The van der Waals surface area contributed by atoms with Crippen molar-refractivity contribution in [3.05, 3.63) is 69.5 Å². The Kier molecular flexibility index (Phi) is 6.17. The molecule has 0 aromatic heterocycles. The summed E-state index contributed by atoms with van der Waals surface area (Å²) < 4.78 is 16.0. The van der Waals surface area contributed by atoms with E-state index in [9.17, 15) is 19.5 Å². The molecule has 0 spiro atoms. The van der Waals surface area contributed by atoms with Crippen LogP contribution in [0.4, 0.5) is 4.39 Å². The van der Waals surface area contributed by atoms with Crippen molar-refractivity contribution >= 4 is 29.3 Å². The van der Waals surface area contributed by atoms with Gasteiger partial charge in [0.25, 0.3) is 5.91 Å². The molecule has 3 heterocycles. The molecule has 3 amide bonds. The lowest BCUT2D eigenvalue weighted by Crippen LogP contribution is -2.55. The lowest BCUT2D eigenvalue weighted by atomic mass is 9.66. The topological polar surface area (TPSA) is 89.9 Å². The normalized spacial score (nSPS) is 26.2. The third-order valence-electron chi connectivity index (χ3n) is 7.94. The molecule has 7 nitrogen and oxygen atoms in total. The Morgan fingerprint density at radius 3 is 2.53 bits per heavy atom. The molecule has 36 heavy (non-hydrogen) atoms. The average Bonchev–Trinajstić information content (AvgIpc) is 3.15. The van der Waals surface area contributed by atoms with Gasteiger partial charge in [-0.05, 0) is 36.6 Å². The first-order chi connectivity index (χ1) is 17.0. The van der Waals surface area contributed by atoms with E-state index in [1.165, 1.54) is 11.0 Å². The van der Waals surface area contributed by atoms with Crippen LogP contribution in [0, 0.1) is 11.2 Å². The summed E-state index contributed by atoms with van der Waals surface area (Å²) >= 11 is 6.00. The number of hydrogen-bond acceptors (Lipinski definition) is 5. The highest BCUT2D eigenvalue weighted by Gasteiger charge is 2.51. The molecule has 0 unspecified atom stereocenters. The van der Waals surface area contributed by atoms with Crippen LogP contribution in [0.1, 0.15) is 60.2 Å². The zero-order chi connectivity index (χ0) is 25.8. The van der Waals surface area contributed by atoms with Crippen LogP contribution in [0.2, 0.25) is 5.02 Å². The second kappa shape index (κ2) is 8.94. The number of fused-ring (bicyclic) bond motifs is 1. The minimum absolute atomic E-state index is 0.0701. The van der Waals surface area contributed by atoms with Crippen LogP contribution in [-0.2, 0) is 28.3 Å². The number of nitrogens with one attached hydrogen (secondary N) is 1. The van der Waals surface area contributed by atoms with Crippen molar-refractivity contribution in [1.82, 2.24) is 15.1 Å². The molecule has 190 valence electrons. The summed E-state index contributed by atoms with van der Waals surface area (Å²) in [6, 6.07) is 9.89. The van der Waals surface area contributed by atoms with Crippen LogP contribution in [0.5, 0.6) is 0 Å². The summed E-state index contributed by atoms with van der Waals surface area (Å²) in [5.41, 5.74) is -0.448. The van der Waals surface area contributed by atoms with Gasteiger partial charge in [-0.3, -0.25) is 24.6 Å². The molecule has 0 bridgehead atoms. The molecule has 9 heteroatoms. The number of likely N-dealkylation sites (tertiary alicyclic amines) is 1. The van der Waals surface area contributed by atoms with Crippen molar-refractivity contribution in [2.75, 3.05) is 13.1 Å². The standard InChI is InChI=1S/C27H29ClFN3O4/c1-26(2)15-31(13-16-3-5-17(28)6-4-16)12-11-27(26,36)20-8-7-18-19(23(20)29)14-32(25(18)35)21-9-10-22(33)30-24(21)34/h3-8,21,36H,9-15H2,1-2H3,(H,30,33,34)/t21-,27+/m1/s1. The summed E-state index contributed by atoms with van der Waals surface area (Å²) in [6.07, 6.45) is 0.665. The molecule has 0 saturated carbocycles. The Hall–Kier alpha value is -2.81. The van der Waals surface area contributed by atoms with E-state index in [2.05, 4.69) is 10.2 Å². The van der Waals surface area contributed by atoms with Gasteiger partial charge in [0.05, 0.1) is 12.1 Å². The monoisotopic (exact) mass is 513 g/mol. The van der Waals surface area contributed by atoms with Gasteiger partial charge in [0.2, 0.25) is 11.8 Å². The Morgan fingerprint density at radius 1 is 1.14 bits per heavy atom. The number of aliphatic hydroxyl groups is 1. The quantitative estimate of drug-likeness (QED) is 0.612. The molecule has 0 aliphatic carbocycles. The zero-order valence-corrected chi connectivity index (χ0v) is 21.1. The SMILES string of the molecule is CC1(C)CN(Cc2ccc(Cl)cc2)CC[C@]1(O)c1ccc2c(c1F)CN([C@@H]1CCC(=O)NC1=O)C2=O. The van der Waals surface area contributed by atoms with Crippen LogP contribution >= 0.6 is 11.6 Å². The number of amides is 3. The summed E-state index contributed by atoms with van der Waals surface area (Å²) in [4.78, 5) is 40.4. The van der Waals surface area contributed by atoms with E-state index in [0.29, 0.717) is 31.1 Å². The fourth-order valence-corrected chi connectivity index (χ4v) is 5.96. The molecular formula is C27H29ClFN3O4. The van der Waals surface area contributed by atoms with Crippen LogP contribution in [0.15, 0.2) is 36.4 Å². The molecule has 5 rings (SSSR count). The first-order valence-electron chi connectivity index (χ1n) is 12.2. The highest BCUT2D eigenvalue weighted by Crippen LogP contribution is 2.48. The van der Waals surface area contributed by atoms with Crippen molar-refractivity contribution in [1.29, 1.82) is 0 Å². The van der Waals surface area contributed by atoms with E-state index >= 15 is 4.39 Å². The van der Waals surface area contributed by atoms with E-state index in [0.717, 1.165) is 5.56 Å². The zero-order valence-electron chi connectivity index (χ0n) is 20.3. The number of carbonyl (C=O) groups is 3. The molecule has 2 aromatic carbocycles. The van der Waals surface area contributed by atoms with Gasteiger partial charge in [0.1, 0.15) is 11.9 Å². The first-order valence-corrected chi connectivity index (χ1v) is 12.5. The van der Waals surface area contributed by atoms with Gasteiger partial charge in [-0.2, -0.15) is 0 Å². The van der Waals surface area contributed by atoms with E-state index in [1.807, 2.05) is 38.1 Å². The predicted molar refractivity (Wildman–Crippen MR) is 131 cm³/mol. The van der Waals surface area contributed by atoms with Gasteiger partial charge < -0.3 is 10.0 Å². The Morgan fingerprint density at radius 2 is 1.86 bits per heavy atom. The average molecular weight is 514 g/mol. The van der Waals surface area contributed by atoms with Crippen LogP contribution in [-0.4, -0.2) is 51.8 Å². The Balaban J connectivity index is 1.38. The summed E-state index contributed by atoms with van der Waals surface area (Å²) in [6.45, 7) is 5.59. The van der Waals surface area contributed by atoms with Crippen molar-refractivity contribution < 1.29 is 23.9 Å². The second-order valence-corrected chi connectivity index (χ2v) is 11.1. The van der Waals surface area contributed by atoms with E-state index < -0.39 is 34.7 Å². The highest BCUT2D eigenvalue weighted by atomic mass is 35.5. The van der Waals surface area contributed by atoms with Crippen LogP contribution < -0.4 is 5.32 Å². The van der Waals surface area contributed by atoms with E-state index in [4.69, 9.17) is 11.6 Å². The summed E-state index contributed by atoms with van der Waals surface area (Å²) in [5, 5.41) is 14.8. The lowest BCUT2D eigenvalue weighted by Gasteiger charge is -2.50. The molecule has 2 aromatic rings. The number of halogens is 2. The first kappa shape index (κ1) is 24.9. The number of nitrogens with zero attached hydrogens (tertiary/aromatic N) is 2. The second-order valence-electron chi connectivity index (χ2n) is 10.7. The molecule has 3 aliphatic rings. The maximum Gasteiger partial charge on any atom is 0.255 e. The van der Waals surface area contributed by atoms with Gasteiger partial charge >= 0.3 is 0 Å². The van der Waals surface area contributed by atoms with Gasteiger partial charge in [-0.1, -0.05) is 43.6 Å². The number of piperidine rings is 2. The minimum atomic E-state index is -1.44. The van der Waals surface area contributed by atoms with E-state index in [-0.39, 0.29) is 42.0 Å². The lowest BCUT2D eigenvalue weighted by molar-refractivity contribution is -0.137. The fraction of sp³-hybridized carbons (Fsp3) is 0.444. The van der Waals surface area contributed by atoms with Crippen molar-refractivity contribution in [2.45, 2.75) is 57.8 Å². The number of benzene rings is 2. The third-order valence-corrected chi connectivity index (χ3v) is 8.19. The molecule has 2 saturated heterocycles. The van der Waals surface area contributed by atoms with Crippen molar-refractivity contribution in [3.63, 3.8) is 0 Å². The van der Waals surface area contributed by atoms with Gasteiger partial charge in [0, 0.05) is 53.2 Å². The third kappa shape index (κ3) is 4.11. The maximum atomic E-state index is 16.0. The molecular weight excluding hydrogens is 485 g/mol. The van der Waals surface area contributed by atoms with E-state index in [1.54, 1.807) is 6.07 Å². The number of hydrogen-bond donors (Lipinski definition) is 2. The largest absolute Gasteiger partial charge is 0.384 e. The Bertz CT molecular complexity index is 1250. The van der Waals surface area contributed by atoms with Gasteiger partial charge in [0.15, 0.2) is 0 Å². The van der Waals surface area contributed by atoms with Crippen LogP contribution in [0.25, 0.3) is 0 Å². The maximum absolute atomic E-state index is 16.0. The summed E-state index contributed by atoms with van der Waals surface area (Å²) in [7, 11) is 0. The van der Waals surface area contributed by atoms with Gasteiger partial charge in [-0.25, -0.2) is 4.39 Å². The number of rotatable bonds is 4. The van der Waals surface area contributed by atoms with Crippen LogP contribution in [0.3, 0.4) is 0 Å². The van der Waals surface area contributed by atoms with Crippen molar-refractivity contribution in [2.24, 2.45) is 5.41 Å². The number of carbonyl (C=O) groups excluding carboxylic acids is 3.